The van der Waals surface area contributed by atoms with E-state index in [1.807, 2.05) is 0 Å². The summed E-state index contributed by atoms with van der Waals surface area (Å²) in [5.41, 5.74) is 0.104. The van der Waals surface area contributed by atoms with Gasteiger partial charge in [0, 0.05) is 12.0 Å². The van der Waals surface area contributed by atoms with E-state index >= 15 is 0 Å². The van der Waals surface area contributed by atoms with Crippen molar-refractivity contribution in [3.63, 3.8) is 0 Å². The molecule has 14 nitrogen and oxygen atoms in total. The molecule has 1 aromatic carbocycles. The minimum Gasteiger partial charge on any atom is -0.493 e. The Morgan fingerprint density at radius 1 is 0.973 bits per heavy atom. The van der Waals surface area contributed by atoms with Crippen LogP contribution in [0.15, 0.2) is 12.1 Å². The number of ether oxygens (including phenoxy) is 5. The van der Waals surface area contributed by atoms with Crippen LogP contribution in [0.3, 0.4) is 0 Å². The van der Waals surface area contributed by atoms with Gasteiger partial charge in [0.05, 0.1) is 42.0 Å². The van der Waals surface area contributed by atoms with Gasteiger partial charge in [0.1, 0.15) is 18.6 Å². The van der Waals surface area contributed by atoms with E-state index in [4.69, 9.17) is 14.2 Å². The lowest BCUT2D eigenvalue weighted by Crippen LogP contribution is -2.57. The minimum atomic E-state index is -1.38. The van der Waals surface area contributed by atoms with Gasteiger partial charge in [-0.15, -0.1) is 0 Å². The van der Waals surface area contributed by atoms with Crippen molar-refractivity contribution in [1.29, 1.82) is 0 Å². The third kappa shape index (κ3) is 7.08. The second-order valence-corrected chi connectivity index (χ2v) is 7.72. The molecule has 14 heteroatoms. The smallest absolute Gasteiger partial charge is 0.328 e. The number of esters is 2. The van der Waals surface area contributed by atoms with Crippen molar-refractivity contribution >= 4 is 35.6 Å². The minimum absolute atomic E-state index is 0.0130. The Hall–Kier alpha value is -4.36. The number of imide groups is 1. The first-order valence-electron chi connectivity index (χ1n) is 11.0. The number of amides is 4. The van der Waals surface area contributed by atoms with E-state index < -0.39 is 60.6 Å². The van der Waals surface area contributed by atoms with Crippen LogP contribution in [0.25, 0.3) is 0 Å². The highest BCUT2D eigenvalue weighted by molar-refractivity contribution is 6.06. The average Bonchev–Trinajstić information content (AvgIpc) is 2.90. The zero-order valence-electron chi connectivity index (χ0n) is 21.1. The molecule has 1 fully saturated rings. The van der Waals surface area contributed by atoms with Crippen LogP contribution in [0.5, 0.6) is 17.2 Å². The van der Waals surface area contributed by atoms with Gasteiger partial charge in [0.2, 0.25) is 17.6 Å². The van der Waals surface area contributed by atoms with Gasteiger partial charge >= 0.3 is 11.9 Å². The van der Waals surface area contributed by atoms with Crippen LogP contribution < -0.4 is 24.8 Å². The first-order valence-corrected chi connectivity index (χ1v) is 11.0. The third-order valence-corrected chi connectivity index (χ3v) is 5.47. The van der Waals surface area contributed by atoms with Gasteiger partial charge in [-0.3, -0.25) is 28.9 Å². The number of methoxy groups -OCH3 is 5. The molecule has 0 spiro atoms. The summed E-state index contributed by atoms with van der Waals surface area (Å²) in [5.74, 6) is -3.96. The van der Waals surface area contributed by atoms with Gasteiger partial charge < -0.3 is 34.3 Å². The molecule has 1 aromatic rings. The zero-order chi connectivity index (χ0) is 27.7. The molecule has 0 aliphatic carbocycles. The summed E-state index contributed by atoms with van der Waals surface area (Å²) in [6.07, 6.45) is -0.620. The topological polar surface area (TPSA) is 176 Å². The molecule has 0 bridgehead atoms. The lowest BCUT2D eigenvalue weighted by Gasteiger charge is -2.31. The third-order valence-electron chi connectivity index (χ3n) is 5.47. The van der Waals surface area contributed by atoms with Crippen molar-refractivity contribution in [3.05, 3.63) is 17.7 Å². The molecule has 1 heterocycles. The zero-order valence-corrected chi connectivity index (χ0v) is 21.1. The van der Waals surface area contributed by atoms with Gasteiger partial charge in [0.15, 0.2) is 11.5 Å². The fraction of sp³-hybridized carbons (Fsp3) is 0.478. The SMILES string of the molecule is COC(=O)C[C@H](NC(=O)CN1C(=O)CC[C@H](NC(=O)c2cc(OC)c(OC)c(OC)c2)C1=O)C(=O)OC. The molecule has 0 saturated carbocycles. The Balaban J connectivity index is 2.14. The number of hydrogen-bond donors (Lipinski definition) is 2. The van der Waals surface area contributed by atoms with E-state index in [1.165, 1.54) is 33.5 Å². The van der Waals surface area contributed by atoms with Crippen molar-refractivity contribution in [2.45, 2.75) is 31.3 Å². The van der Waals surface area contributed by atoms with E-state index in [9.17, 15) is 28.8 Å². The lowest BCUT2D eigenvalue weighted by atomic mass is 10.0. The summed E-state index contributed by atoms with van der Waals surface area (Å²) >= 11 is 0. The number of carbonyl (C=O) groups excluding carboxylic acids is 6. The Morgan fingerprint density at radius 2 is 1.59 bits per heavy atom. The lowest BCUT2D eigenvalue weighted by molar-refractivity contribution is -0.154. The standard InChI is InChI=1S/C23H29N3O11/c1-33-15-8-12(9-16(34-2)20(15)36-4)21(30)25-13-6-7-18(28)26(22(13)31)11-17(27)24-14(23(32)37-5)10-19(29)35-3/h8-9,13-14H,6-7,10-11H2,1-5H3,(H,24,27)(H,25,30)/t13-,14-/m0/s1. The molecule has 202 valence electrons. The molecule has 0 unspecified atom stereocenters. The number of carbonyl (C=O) groups is 6. The van der Waals surface area contributed by atoms with Crippen LogP contribution in [-0.4, -0.2) is 94.6 Å². The van der Waals surface area contributed by atoms with E-state index in [0.29, 0.717) is 4.90 Å². The fourth-order valence-corrected chi connectivity index (χ4v) is 3.56. The molecule has 1 aliphatic rings. The largest absolute Gasteiger partial charge is 0.493 e. The van der Waals surface area contributed by atoms with Crippen LogP contribution in [-0.2, 0) is 33.4 Å². The molecule has 4 amide bonds. The summed E-state index contributed by atoms with van der Waals surface area (Å²) in [7, 11) is 6.35. The number of hydrogen-bond acceptors (Lipinski definition) is 11. The number of nitrogens with zero attached hydrogens (tertiary/aromatic N) is 1. The fourth-order valence-electron chi connectivity index (χ4n) is 3.56. The summed E-state index contributed by atoms with van der Waals surface area (Å²) in [6, 6.07) is 0.308. The maximum atomic E-state index is 13.0. The van der Waals surface area contributed by atoms with E-state index in [1.54, 1.807) is 0 Å². The number of benzene rings is 1. The summed E-state index contributed by atoms with van der Waals surface area (Å²) in [6.45, 7) is -0.733. The first kappa shape index (κ1) is 28.9. The molecule has 2 rings (SSSR count). The Labute approximate surface area is 212 Å². The Morgan fingerprint density at radius 3 is 2.11 bits per heavy atom. The summed E-state index contributed by atoms with van der Waals surface area (Å²) in [4.78, 5) is 74.8. The highest BCUT2D eigenvalue weighted by Crippen LogP contribution is 2.38. The molecular weight excluding hydrogens is 494 g/mol. The van der Waals surface area contributed by atoms with E-state index in [-0.39, 0.29) is 35.7 Å². The van der Waals surface area contributed by atoms with Crippen molar-refractivity contribution < 1.29 is 52.5 Å². The molecule has 1 aliphatic heterocycles. The van der Waals surface area contributed by atoms with Crippen LogP contribution in [0, 0.1) is 0 Å². The Bertz CT molecular complexity index is 1050. The van der Waals surface area contributed by atoms with Gasteiger partial charge in [-0.25, -0.2) is 4.79 Å². The molecular formula is C23H29N3O11. The van der Waals surface area contributed by atoms with Crippen molar-refractivity contribution in [2.24, 2.45) is 0 Å². The van der Waals surface area contributed by atoms with Gasteiger partial charge in [-0.05, 0) is 18.6 Å². The van der Waals surface area contributed by atoms with Crippen molar-refractivity contribution in [1.82, 2.24) is 15.5 Å². The Kier molecular flexibility index (Phi) is 10.2. The number of likely N-dealkylation sites (tertiary alicyclic amines) is 1. The number of piperidine rings is 1. The molecule has 37 heavy (non-hydrogen) atoms. The molecule has 0 radical (unpaired) electrons. The quantitative estimate of drug-likeness (QED) is 0.274. The van der Waals surface area contributed by atoms with Crippen LogP contribution >= 0.6 is 0 Å². The van der Waals surface area contributed by atoms with Crippen LogP contribution in [0.2, 0.25) is 0 Å². The normalized spacial score (nSPS) is 15.8. The molecule has 0 aromatic heterocycles. The second kappa shape index (κ2) is 13.1. The van der Waals surface area contributed by atoms with E-state index in [0.717, 1.165) is 14.2 Å². The first-order chi connectivity index (χ1) is 17.6. The highest BCUT2D eigenvalue weighted by atomic mass is 16.5. The van der Waals surface area contributed by atoms with Crippen LogP contribution in [0.1, 0.15) is 29.6 Å². The van der Waals surface area contributed by atoms with E-state index in [2.05, 4.69) is 20.1 Å². The highest BCUT2D eigenvalue weighted by Gasteiger charge is 2.37. The van der Waals surface area contributed by atoms with Crippen molar-refractivity contribution in [3.8, 4) is 17.2 Å². The predicted molar refractivity (Wildman–Crippen MR) is 124 cm³/mol. The maximum absolute atomic E-state index is 13.0. The monoisotopic (exact) mass is 523 g/mol. The number of rotatable bonds is 11. The maximum Gasteiger partial charge on any atom is 0.328 e. The molecule has 1 saturated heterocycles. The number of nitrogens with one attached hydrogen (secondary N) is 2. The summed E-state index contributed by atoms with van der Waals surface area (Å²) in [5, 5.41) is 4.80. The predicted octanol–water partition coefficient (Wildman–Crippen LogP) is -0.819. The van der Waals surface area contributed by atoms with Crippen molar-refractivity contribution in [2.75, 3.05) is 42.1 Å². The molecule has 2 N–H and O–H groups in total. The average molecular weight is 523 g/mol. The molecule has 2 atom stereocenters. The van der Waals surface area contributed by atoms with Gasteiger partial charge in [0.25, 0.3) is 11.8 Å². The van der Waals surface area contributed by atoms with Gasteiger partial charge in [-0.1, -0.05) is 0 Å². The van der Waals surface area contributed by atoms with Crippen LogP contribution in [0.4, 0.5) is 0 Å². The second-order valence-electron chi connectivity index (χ2n) is 7.72. The summed E-state index contributed by atoms with van der Waals surface area (Å²) < 4.78 is 24.7. The van der Waals surface area contributed by atoms with Gasteiger partial charge in [-0.2, -0.15) is 0 Å².